The minimum atomic E-state index is 0.0501. The second-order valence-electron chi connectivity index (χ2n) is 5.35. The van der Waals surface area contributed by atoms with Crippen molar-refractivity contribution in [3.8, 4) is 0 Å². The zero-order valence-electron chi connectivity index (χ0n) is 11.5. The smallest absolute Gasteiger partial charge is 0.258 e. The van der Waals surface area contributed by atoms with E-state index in [-0.39, 0.29) is 11.9 Å². The van der Waals surface area contributed by atoms with Crippen LogP contribution in [0.2, 0.25) is 0 Å². The maximum Gasteiger partial charge on any atom is 0.258 e. The maximum atomic E-state index is 12.6. The van der Waals surface area contributed by atoms with Crippen molar-refractivity contribution in [1.82, 2.24) is 10.2 Å². The monoisotopic (exact) mass is 328 g/mol. The van der Waals surface area contributed by atoms with E-state index in [0.717, 1.165) is 32.5 Å². The molecule has 0 unspecified atom stereocenters. The minimum Gasteiger partial charge on any atom is -0.457 e. The van der Waals surface area contributed by atoms with E-state index in [0.29, 0.717) is 16.2 Å². The van der Waals surface area contributed by atoms with Crippen LogP contribution in [0.5, 0.6) is 0 Å². The average molecular weight is 329 g/mol. The van der Waals surface area contributed by atoms with Crippen LogP contribution in [0.1, 0.15) is 37.0 Å². The molecule has 1 fully saturated rings. The van der Waals surface area contributed by atoms with E-state index in [9.17, 15) is 4.79 Å². The quantitative estimate of drug-likeness (QED) is 0.924. The fraction of sp³-hybridized carbons (Fsp3) is 0.643. The van der Waals surface area contributed by atoms with Crippen LogP contribution >= 0.6 is 15.9 Å². The van der Waals surface area contributed by atoms with Gasteiger partial charge in [-0.05, 0) is 67.7 Å². The van der Waals surface area contributed by atoms with Gasteiger partial charge in [-0.2, -0.15) is 0 Å². The van der Waals surface area contributed by atoms with Crippen molar-refractivity contribution in [1.29, 1.82) is 0 Å². The van der Waals surface area contributed by atoms with Gasteiger partial charge in [0.15, 0.2) is 4.67 Å². The first-order valence-electron chi connectivity index (χ1n) is 6.84. The number of carbonyl (C=O) groups excluding carboxylic acids is 1. The van der Waals surface area contributed by atoms with Crippen LogP contribution in [0.4, 0.5) is 0 Å². The summed E-state index contributed by atoms with van der Waals surface area (Å²) in [6.45, 7) is 7.07. The summed E-state index contributed by atoms with van der Waals surface area (Å²) in [5, 5.41) is 3.36. The molecule has 2 heterocycles. The number of carbonyl (C=O) groups is 1. The molecule has 0 saturated carbocycles. The average Bonchev–Trinajstić information content (AvgIpc) is 2.82. The lowest BCUT2D eigenvalue weighted by Gasteiger charge is -2.32. The van der Waals surface area contributed by atoms with Crippen molar-refractivity contribution in [2.75, 3.05) is 19.6 Å². The van der Waals surface area contributed by atoms with Crippen LogP contribution in [0.3, 0.4) is 0 Å². The fourth-order valence-corrected chi connectivity index (χ4v) is 2.88. The number of nitrogens with zero attached hydrogens (tertiary/aromatic N) is 1. The molecule has 1 saturated heterocycles. The molecule has 106 valence electrons. The second-order valence-corrected chi connectivity index (χ2v) is 6.07. The Hall–Kier alpha value is -0.810. The largest absolute Gasteiger partial charge is 0.457 e. The van der Waals surface area contributed by atoms with Crippen LogP contribution in [-0.2, 0) is 0 Å². The van der Waals surface area contributed by atoms with E-state index in [4.69, 9.17) is 4.42 Å². The van der Waals surface area contributed by atoms with Crippen molar-refractivity contribution in [3.63, 3.8) is 0 Å². The molecule has 4 nitrogen and oxygen atoms in total. The van der Waals surface area contributed by atoms with Crippen molar-refractivity contribution < 1.29 is 9.21 Å². The Bertz CT molecular complexity index is 425. The number of hydrogen-bond donors (Lipinski definition) is 1. The predicted octanol–water partition coefficient (Wildman–Crippen LogP) is 2.89. The first-order valence-corrected chi connectivity index (χ1v) is 7.63. The summed E-state index contributed by atoms with van der Waals surface area (Å²) in [4.78, 5) is 14.5. The SMILES string of the molecule is CC(C)N(CC1CCNCC1)C(=O)c1ccoc1Br. The third-order valence-corrected chi connectivity index (χ3v) is 4.26. The molecular formula is C14H21BrN2O2. The van der Waals surface area contributed by atoms with E-state index >= 15 is 0 Å². The predicted molar refractivity (Wildman–Crippen MR) is 78.2 cm³/mol. The van der Waals surface area contributed by atoms with Gasteiger partial charge in [0.2, 0.25) is 0 Å². The standard InChI is InChI=1S/C14H21BrN2O2/c1-10(2)17(9-11-3-6-16-7-4-11)14(18)12-5-8-19-13(12)15/h5,8,10-11,16H,3-4,6-7,9H2,1-2H3. The molecule has 0 spiro atoms. The summed E-state index contributed by atoms with van der Waals surface area (Å²) in [6.07, 6.45) is 3.83. The molecular weight excluding hydrogens is 308 g/mol. The van der Waals surface area contributed by atoms with Gasteiger partial charge in [0.05, 0.1) is 11.8 Å². The first-order chi connectivity index (χ1) is 9.09. The van der Waals surface area contributed by atoms with Gasteiger partial charge in [-0.1, -0.05) is 0 Å². The second kappa shape index (κ2) is 6.57. The first kappa shape index (κ1) is 14.6. The van der Waals surface area contributed by atoms with Gasteiger partial charge < -0.3 is 14.6 Å². The van der Waals surface area contributed by atoms with Crippen molar-refractivity contribution >= 4 is 21.8 Å². The molecule has 1 N–H and O–H groups in total. The molecule has 1 amide bonds. The summed E-state index contributed by atoms with van der Waals surface area (Å²) in [6, 6.07) is 1.92. The zero-order chi connectivity index (χ0) is 13.8. The third kappa shape index (κ3) is 3.60. The van der Waals surface area contributed by atoms with Gasteiger partial charge in [0, 0.05) is 12.6 Å². The molecule has 2 rings (SSSR count). The summed E-state index contributed by atoms with van der Waals surface area (Å²) in [5.41, 5.74) is 0.614. The molecule has 0 atom stereocenters. The molecule has 5 heteroatoms. The van der Waals surface area contributed by atoms with Gasteiger partial charge in [-0.15, -0.1) is 0 Å². The lowest BCUT2D eigenvalue weighted by molar-refractivity contribution is 0.0656. The molecule has 0 aromatic carbocycles. The molecule has 0 radical (unpaired) electrons. The van der Waals surface area contributed by atoms with E-state index in [1.807, 2.05) is 4.90 Å². The highest BCUT2D eigenvalue weighted by molar-refractivity contribution is 9.10. The van der Waals surface area contributed by atoms with Crippen molar-refractivity contribution in [2.24, 2.45) is 5.92 Å². The molecule has 0 bridgehead atoms. The number of furan rings is 1. The Labute approximate surface area is 122 Å². The minimum absolute atomic E-state index is 0.0501. The molecule has 1 aromatic rings. The highest BCUT2D eigenvalue weighted by Crippen LogP contribution is 2.22. The van der Waals surface area contributed by atoms with Gasteiger partial charge in [-0.3, -0.25) is 4.79 Å². The lowest BCUT2D eigenvalue weighted by atomic mass is 9.97. The number of rotatable bonds is 4. The number of piperidine rings is 1. The summed E-state index contributed by atoms with van der Waals surface area (Å²) < 4.78 is 5.69. The van der Waals surface area contributed by atoms with E-state index in [1.54, 1.807) is 12.3 Å². The number of hydrogen-bond acceptors (Lipinski definition) is 3. The van der Waals surface area contributed by atoms with Crippen molar-refractivity contribution in [3.05, 3.63) is 22.6 Å². The summed E-state index contributed by atoms with van der Waals surface area (Å²) in [7, 11) is 0. The number of nitrogens with one attached hydrogen (secondary N) is 1. The molecule has 19 heavy (non-hydrogen) atoms. The van der Waals surface area contributed by atoms with E-state index in [1.165, 1.54) is 0 Å². The Balaban J connectivity index is 2.07. The Morgan fingerprint density at radius 3 is 2.74 bits per heavy atom. The zero-order valence-corrected chi connectivity index (χ0v) is 13.1. The molecule has 1 aliphatic heterocycles. The van der Waals surface area contributed by atoms with E-state index in [2.05, 4.69) is 35.1 Å². The molecule has 0 aliphatic carbocycles. The van der Waals surface area contributed by atoms with Crippen LogP contribution in [-0.4, -0.2) is 36.5 Å². The van der Waals surface area contributed by atoms with Crippen LogP contribution < -0.4 is 5.32 Å². The Morgan fingerprint density at radius 2 is 2.21 bits per heavy atom. The summed E-state index contributed by atoms with van der Waals surface area (Å²) >= 11 is 3.29. The normalized spacial score (nSPS) is 16.8. The Morgan fingerprint density at radius 1 is 1.53 bits per heavy atom. The Kier molecular flexibility index (Phi) is 5.05. The van der Waals surface area contributed by atoms with Crippen LogP contribution in [0, 0.1) is 5.92 Å². The van der Waals surface area contributed by atoms with Gasteiger partial charge in [-0.25, -0.2) is 0 Å². The number of halogens is 1. The lowest BCUT2D eigenvalue weighted by Crippen LogP contribution is -2.42. The molecule has 1 aromatic heterocycles. The highest BCUT2D eigenvalue weighted by atomic mass is 79.9. The maximum absolute atomic E-state index is 12.6. The highest BCUT2D eigenvalue weighted by Gasteiger charge is 2.25. The van der Waals surface area contributed by atoms with Gasteiger partial charge in [0.25, 0.3) is 5.91 Å². The van der Waals surface area contributed by atoms with Gasteiger partial charge in [0.1, 0.15) is 0 Å². The van der Waals surface area contributed by atoms with Crippen LogP contribution in [0.15, 0.2) is 21.4 Å². The topological polar surface area (TPSA) is 45.5 Å². The fourth-order valence-electron chi connectivity index (χ4n) is 2.47. The molecule has 1 aliphatic rings. The number of amides is 1. The third-order valence-electron chi connectivity index (χ3n) is 3.65. The van der Waals surface area contributed by atoms with E-state index < -0.39 is 0 Å². The van der Waals surface area contributed by atoms with Crippen LogP contribution in [0.25, 0.3) is 0 Å². The van der Waals surface area contributed by atoms with Crippen molar-refractivity contribution in [2.45, 2.75) is 32.7 Å². The summed E-state index contributed by atoms with van der Waals surface area (Å²) in [5.74, 6) is 0.646. The van der Waals surface area contributed by atoms with Gasteiger partial charge >= 0.3 is 0 Å².